The Bertz CT molecular complexity index is 950. The maximum absolute atomic E-state index is 11.9. The van der Waals surface area contributed by atoms with Crippen LogP contribution in [0.25, 0.3) is 22.4 Å². The van der Waals surface area contributed by atoms with Gasteiger partial charge in [-0.3, -0.25) is 0 Å². The zero-order valence-corrected chi connectivity index (χ0v) is 13.5. The number of aliphatic hydroxyl groups excluding tert-OH is 1. The van der Waals surface area contributed by atoms with E-state index in [1.165, 1.54) is 6.07 Å². The van der Waals surface area contributed by atoms with Gasteiger partial charge < -0.3 is 9.63 Å². The maximum Gasteiger partial charge on any atom is 0.238 e. The van der Waals surface area contributed by atoms with Crippen LogP contribution >= 0.6 is 0 Å². The first-order valence-electron chi connectivity index (χ1n) is 7.29. The molecule has 0 aliphatic heterocycles. The van der Waals surface area contributed by atoms with Crippen LogP contribution in [0.3, 0.4) is 0 Å². The number of aliphatic hydroxyl groups is 1. The van der Waals surface area contributed by atoms with E-state index in [-0.39, 0.29) is 17.9 Å². The summed E-state index contributed by atoms with van der Waals surface area (Å²) in [5.74, 6) is 0.410. The van der Waals surface area contributed by atoms with E-state index in [0.29, 0.717) is 22.6 Å². The van der Waals surface area contributed by atoms with Crippen LogP contribution in [0.1, 0.15) is 5.76 Å². The summed E-state index contributed by atoms with van der Waals surface area (Å²) in [6.07, 6.45) is 0.216. The molecule has 1 aromatic heterocycles. The zero-order chi connectivity index (χ0) is 17.2. The van der Waals surface area contributed by atoms with Gasteiger partial charge >= 0.3 is 0 Å². The first-order chi connectivity index (χ1) is 11.5. The number of hydrogen-bond acceptors (Lipinski definition) is 5. The molecule has 0 fully saturated rings. The molecule has 0 atom stereocenters. The highest BCUT2D eigenvalue weighted by Crippen LogP contribution is 2.37. The smallest absolute Gasteiger partial charge is 0.238 e. The molecule has 3 aromatic rings. The van der Waals surface area contributed by atoms with E-state index in [1.807, 2.05) is 30.3 Å². The SMILES string of the molecule is NS(=O)(=O)c1ccccc1-c1c(-c2ccccc2)noc1CCO. The Labute approximate surface area is 139 Å². The van der Waals surface area contributed by atoms with Crippen molar-refractivity contribution in [2.75, 3.05) is 6.61 Å². The van der Waals surface area contributed by atoms with E-state index >= 15 is 0 Å². The van der Waals surface area contributed by atoms with Gasteiger partial charge in [0.2, 0.25) is 10.0 Å². The Balaban J connectivity index is 2.30. The van der Waals surface area contributed by atoms with Gasteiger partial charge in [0.05, 0.1) is 17.1 Å². The molecule has 3 N–H and O–H groups in total. The number of primary sulfonamides is 1. The molecule has 24 heavy (non-hydrogen) atoms. The highest BCUT2D eigenvalue weighted by atomic mass is 32.2. The van der Waals surface area contributed by atoms with E-state index < -0.39 is 10.0 Å². The van der Waals surface area contributed by atoms with E-state index in [1.54, 1.807) is 18.2 Å². The van der Waals surface area contributed by atoms with Gasteiger partial charge in [0.1, 0.15) is 11.5 Å². The summed E-state index contributed by atoms with van der Waals surface area (Å²) >= 11 is 0. The number of benzene rings is 2. The predicted molar refractivity (Wildman–Crippen MR) is 89.5 cm³/mol. The summed E-state index contributed by atoms with van der Waals surface area (Å²) in [5, 5.41) is 18.7. The first-order valence-corrected chi connectivity index (χ1v) is 8.84. The van der Waals surface area contributed by atoms with Crippen molar-refractivity contribution in [2.24, 2.45) is 5.14 Å². The van der Waals surface area contributed by atoms with Crippen LogP contribution in [0, 0.1) is 0 Å². The molecule has 0 aliphatic rings. The maximum atomic E-state index is 11.9. The lowest BCUT2D eigenvalue weighted by Crippen LogP contribution is -2.13. The molecule has 124 valence electrons. The van der Waals surface area contributed by atoms with E-state index in [4.69, 9.17) is 9.66 Å². The van der Waals surface area contributed by atoms with Gasteiger partial charge in [0.25, 0.3) is 0 Å². The third-order valence-corrected chi connectivity index (χ3v) is 4.58. The van der Waals surface area contributed by atoms with Crippen LogP contribution in [-0.2, 0) is 16.4 Å². The molecule has 0 saturated heterocycles. The first kappa shape index (κ1) is 16.4. The number of nitrogens with two attached hydrogens (primary N) is 1. The van der Waals surface area contributed by atoms with Gasteiger partial charge in [-0.2, -0.15) is 0 Å². The lowest BCUT2D eigenvalue weighted by Gasteiger charge is -2.09. The molecular formula is C17H16N2O4S. The number of nitrogens with zero attached hydrogens (tertiary/aromatic N) is 1. The summed E-state index contributed by atoms with van der Waals surface area (Å²) < 4.78 is 29.3. The minimum atomic E-state index is -3.92. The highest BCUT2D eigenvalue weighted by molar-refractivity contribution is 7.89. The van der Waals surface area contributed by atoms with Crippen molar-refractivity contribution in [3.63, 3.8) is 0 Å². The van der Waals surface area contributed by atoms with Crippen molar-refractivity contribution >= 4 is 10.0 Å². The summed E-state index contributed by atoms with van der Waals surface area (Å²) in [6, 6.07) is 15.7. The third-order valence-electron chi connectivity index (χ3n) is 3.61. The zero-order valence-electron chi connectivity index (χ0n) is 12.7. The van der Waals surface area contributed by atoms with E-state index in [2.05, 4.69) is 5.16 Å². The molecule has 0 radical (unpaired) electrons. The van der Waals surface area contributed by atoms with Crippen molar-refractivity contribution in [2.45, 2.75) is 11.3 Å². The molecule has 7 heteroatoms. The molecule has 0 bridgehead atoms. The largest absolute Gasteiger partial charge is 0.396 e. The van der Waals surface area contributed by atoms with Crippen LogP contribution in [-0.4, -0.2) is 25.3 Å². The second-order valence-corrected chi connectivity index (χ2v) is 6.74. The Kier molecular flexibility index (Phi) is 4.48. The second-order valence-electron chi connectivity index (χ2n) is 5.21. The number of aromatic nitrogens is 1. The average molecular weight is 344 g/mol. The van der Waals surface area contributed by atoms with Crippen LogP contribution in [0.4, 0.5) is 0 Å². The summed E-state index contributed by atoms with van der Waals surface area (Å²) in [5.41, 5.74) is 2.23. The molecule has 0 saturated carbocycles. The van der Waals surface area contributed by atoms with Crippen LogP contribution in [0.2, 0.25) is 0 Å². The standard InChI is InChI=1S/C17H16N2O4S/c18-24(21,22)15-9-5-4-8-13(15)16-14(10-11-20)23-19-17(16)12-6-2-1-3-7-12/h1-9,20H,10-11H2,(H2,18,21,22). The van der Waals surface area contributed by atoms with Gasteiger partial charge in [-0.05, 0) is 6.07 Å². The van der Waals surface area contributed by atoms with Crippen LogP contribution < -0.4 is 5.14 Å². The topological polar surface area (TPSA) is 106 Å². The van der Waals surface area contributed by atoms with Crippen molar-refractivity contribution < 1.29 is 18.0 Å². The van der Waals surface area contributed by atoms with E-state index in [0.717, 1.165) is 5.56 Å². The molecule has 6 nitrogen and oxygen atoms in total. The minimum absolute atomic E-state index is 0.00966. The molecule has 0 amide bonds. The number of sulfonamides is 1. The summed E-state index contributed by atoms with van der Waals surface area (Å²) in [4.78, 5) is -0.00966. The van der Waals surface area contributed by atoms with Gasteiger partial charge in [0.15, 0.2) is 0 Å². The van der Waals surface area contributed by atoms with Crippen LogP contribution in [0.5, 0.6) is 0 Å². The van der Waals surface area contributed by atoms with Crippen molar-refractivity contribution in [1.82, 2.24) is 5.16 Å². The minimum Gasteiger partial charge on any atom is -0.396 e. The van der Waals surface area contributed by atoms with E-state index in [9.17, 15) is 13.5 Å². The van der Waals surface area contributed by atoms with Gasteiger partial charge in [-0.1, -0.05) is 53.7 Å². The number of hydrogen-bond donors (Lipinski definition) is 2. The van der Waals surface area contributed by atoms with Crippen molar-refractivity contribution in [3.05, 3.63) is 60.4 Å². The average Bonchev–Trinajstić information content (AvgIpc) is 2.99. The fourth-order valence-corrected chi connectivity index (χ4v) is 3.33. The second kappa shape index (κ2) is 6.56. The van der Waals surface area contributed by atoms with Crippen molar-refractivity contribution in [1.29, 1.82) is 0 Å². The normalized spacial score (nSPS) is 11.6. The third kappa shape index (κ3) is 3.09. The molecule has 3 rings (SSSR count). The Hall–Kier alpha value is -2.48. The summed E-state index contributed by atoms with van der Waals surface area (Å²) in [6.45, 7) is -0.145. The molecule has 0 aliphatic carbocycles. The molecule has 0 spiro atoms. The highest BCUT2D eigenvalue weighted by Gasteiger charge is 2.24. The van der Waals surface area contributed by atoms with Gasteiger partial charge in [-0.25, -0.2) is 13.6 Å². The monoisotopic (exact) mass is 344 g/mol. The fourth-order valence-electron chi connectivity index (χ4n) is 2.59. The predicted octanol–water partition coefficient (Wildman–Crippen LogP) is 2.19. The lowest BCUT2D eigenvalue weighted by atomic mass is 9.98. The molecular weight excluding hydrogens is 328 g/mol. The molecule has 0 unspecified atom stereocenters. The van der Waals surface area contributed by atoms with Crippen LogP contribution in [0.15, 0.2) is 64.0 Å². The lowest BCUT2D eigenvalue weighted by molar-refractivity contribution is 0.278. The Morgan fingerprint density at radius 3 is 2.38 bits per heavy atom. The molecule has 1 heterocycles. The Morgan fingerprint density at radius 1 is 1.04 bits per heavy atom. The van der Waals surface area contributed by atoms with Gasteiger partial charge in [0, 0.05) is 17.5 Å². The van der Waals surface area contributed by atoms with Crippen molar-refractivity contribution in [3.8, 4) is 22.4 Å². The number of rotatable bonds is 5. The fraction of sp³-hybridized carbons (Fsp3) is 0.118. The molecule has 2 aromatic carbocycles. The quantitative estimate of drug-likeness (QED) is 0.738. The van der Waals surface area contributed by atoms with Gasteiger partial charge in [-0.15, -0.1) is 0 Å². The summed E-state index contributed by atoms with van der Waals surface area (Å²) in [7, 11) is -3.92. The Morgan fingerprint density at radius 2 is 1.71 bits per heavy atom.